The molecule has 3 aromatic rings. The van der Waals surface area contributed by atoms with Crippen LogP contribution in [0.25, 0.3) is 5.70 Å². The molecule has 0 bridgehead atoms. The van der Waals surface area contributed by atoms with E-state index in [1.807, 2.05) is 49.4 Å². The van der Waals surface area contributed by atoms with Gasteiger partial charge in [0.1, 0.15) is 6.61 Å². The molecular weight excluding hydrogens is 531 g/mol. The van der Waals surface area contributed by atoms with Crippen LogP contribution in [0.4, 0.5) is 0 Å². The van der Waals surface area contributed by atoms with E-state index in [-0.39, 0.29) is 13.2 Å². The summed E-state index contributed by atoms with van der Waals surface area (Å²) in [5.41, 5.74) is 3.36. The Morgan fingerprint density at radius 2 is 1.70 bits per heavy atom. The van der Waals surface area contributed by atoms with Crippen molar-refractivity contribution >= 4 is 52.2 Å². The Labute approximate surface area is 231 Å². The zero-order chi connectivity index (χ0) is 26.4. The van der Waals surface area contributed by atoms with Crippen molar-refractivity contribution in [1.29, 1.82) is 0 Å². The van der Waals surface area contributed by atoms with Gasteiger partial charge in [0.25, 0.3) is 0 Å². The monoisotopic (exact) mass is 556 g/mol. The molecular formula is C28H26Cl2N2O4S. The molecule has 9 heteroatoms. The molecule has 0 amide bonds. The molecule has 0 saturated heterocycles. The van der Waals surface area contributed by atoms with E-state index >= 15 is 0 Å². The third-order valence-corrected chi connectivity index (χ3v) is 6.34. The fourth-order valence-electron chi connectivity index (χ4n) is 3.97. The number of ether oxygens (including phenoxy) is 3. The zero-order valence-electron chi connectivity index (χ0n) is 20.3. The zero-order valence-corrected chi connectivity index (χ0v) is 22.7. The Kier molecular flexibility index (Phi) is 8.92. The van der Waals surface area contributed by atoms with Gasteiger partial charge in [0.2, 0.25) is 0 Å². The first kappa shape index (κ1) is 26.8. The van der Waals surface area contributed by atoms with E-state index in [1.54, 1.807) is 31.2 Å². The van der Waals surface area contributed by atoms with Crippen molar-refractivity contribution in [2.24, 2.45) is 0 Å². The summed E-state index contributed by atoms with van der Waals surface area (Å²) in [6.45, 7) is 4.53. The van der Waals surface area contributed by atoms with E-state index in [0.29, 0.717) is 50.1 Å². The SMILES string of the molecule is CCOC(=O)C1=C(c2ccccc2)NC(=S)N[C@@H]1c1cc(Cl)c(OCc2ccc(Cl)cc2)c(OCC)c1. The summed E-state index contributed by atoms with van der Waals surface area (Å²) >= 11 is 18.2. The van der Waals surface area contributed by atoms with Gasteiger partial charge >= 0.3 is 5.97 Å². The van der Waals surface area contributed by atoms with Crippen LogP contribution < -0.4 is 20.1 Å². The molecule has 4 rings (SSSR count). The van der Waals surface area contributed by atoms with Crippen LogP contribution >= 0.6 is 35.4 Å². The lowest BCUT2D eigenvalue weighted by atomic mass is 9.92. The van der Waals surface area contributed by atoms with Gasteiger partial charge in [-0.1, -0.05) is 65.7 Å². The van der Waals surface area contributed by atoms with E-state index in [0.717, 1.165) is 11.1 Å². The molecule has 0 saturated carbocycles. The maximum absolute atomic E-state index is 13.2. The molecule has 1 aliphatic rings. The molecule has 0 aliphatic carbocycles. The van der Waals surface area contributed by atoms with Crippen LogP contribution in [0.5, 0.6) is 11.5 Å². The van der Waals surface area contributed by atoms with Crippen LogP contribution in [-0.2, 0) is 16.1 Å². The molecule has 1 aliphatic heterocycles. The summed E-state index contributed by atoms with van der Waals surface area (Å²) in [5, 5.41) is 7.68. The summed E-state index contributed by atoms with van der Waals surface area (Å²) in [4.78, 5) is 13.2. The van der Waals surface area contributed by atoms with Gasteiger partial charge in [-0.05, 0) is 67.0 Å². The van der Waals surface area contributed by atoms with Crippen molar-refractivity contribution in [3.8, 4) is 11.5 Å². The average molecular weight is 557 g/mol. The minimum absolute atomic E-state index is 0.226. The lowest BCUT2D eigenvalue weighted by molar-refractivity contribution is -0.138. The standard InChI is InChI=1S/C28H26Cl2N2O4S/c1-3-34-22-15-19(14-21(30)26(22)36-16-17-10-12-20(29)13-11-17)25-23(27(33)35-4-2)24(31-28(37)32-25)18-8-6-5-7-9-18/h5-15,25H,3-4,16H2,1-2H3,(H2,31,32,37)/t25-/m1/s1. The molecule has 1 heterocycles. The van der Waals surface area contributed by atoms with Gasteiger partial charge in [0.15, 0.2) is 16.6 Å². The molecule has 0 radical (unpaired) electrons. The van der Waals surface area contributed by atoms with Crippen LogP contribution in [0.2, 0.25) is 10.0 Å². The smallest absolute Gasteiger partial charge is 0.338 e. The van der Waals surface area contributed by atoms with Gasteiger partial charge in [0.05, 0.1) is 35.5 Å². The second-order valence-corrected chi connectivity index (χ2v) is 9.34. The Bertz CT molecular complexity index is 1310. The number of hydrogen-bond acceptors (Lipinski definition) is 5. The Morgan fingerprint density at radius 3 is 2.38 bits per heavy atom. The fourth-order valence-corrected chi connectivity index (χ4v) is 4.59. The third-order valence-electron chi connectivity index (χ3n) is 5.59. The lowest BCUT2D eigenvalue weighted by Crippen LogP contribution is -2.45. The number of halogens is 2. The normalized spacial score (nSPS) is 15.0. The van der Waals surface area contributed by atoms with Crippen molar-refractivity contribution in [2.45, 2.75) is 26.5 Å². The number of thiocarbonyl (C=S) groups is 1. The first-order valence-electron chi connectivity index (χ1n) is 11.8. The first-order valence-corrected chi connectivity index (χ1v) is 12.9. The summed E-state index contributed by atoms with van der Waals surface area (Å²) in [6, 6.07) is 19.8. The topological polar surface area (TPSA) is 68.8 Å². The summed E-state index contributed by atoms with van der Waals surface area (Å²) in [5.74, 6) is 0.393. The van der Waals surface area contributed by atoms with Crippen LogP contribution in [0, 0.1) is 0 Å². The van der Waals surface area contributed by atoms with Crippen molar-refractivity contribution < 1.29 is 19.0 Å². The van der Waals surface area contributed by atoms with E-state index in [4.69, 9.17) is 49.6 Å². The molecule has 1 atom stereocenters. The molecule has 0 aromatic heterocycles. The van der Waals surface area contributed by atoms with Gasteiger partial charge in [0, 0.05) is 5.02 Å². The highest BCUT2D eigenvalue weighted by Gasteiger charge is 2.34. The molecule has 2 N–H and O–H groups in total. The van der Waals surface area contributed by atoms with E-state index in [2.05, 4.69) is 10.6 Å². The maximum atomic E-state index is 13.2. The van der Waals surface area contributed by atoms with Gasteiger partial charge in [-0.2, -0.15) is 0 Å². The molecule has 0 unspecified atom stereocenters. The Hall–Kier alpha value is -3.26. The second kappa shape index (κ2) is 12.3. The molecule has 3 aromatic carbocycles. The van der Waals surface area contributed by atoms with Crippen LogP contribution in [0.15, 0.2) is 72.3 Å². The number of nitrogens with one attached hydrogen (secondary N) is 2. The van der Waals surface area contributed by atoms with E-state index in [9.17, 15) is 4.79 Å². The van der Waals surface area contributed by atoms with Crippen molar-refractivity contribution in [3.05, 3.63) is 99.0 Å². The highest BCUT2D eigenvalue weighted by atomic mass is 35.5. The van der Waals surface area contributed by atoms with Crippen LogP contribution in [0.1, 0.15) is 36.6 Å². The third kappa shape index (κ3) is 6.36. The minimum Gasteiger partial charge on any atom is -0.490 e. The maximum Gasteiger partial charge on any atom is 0.338 e. The molecule has 192 valence electrons. The minimum atomic E-state index is -0.634. The van der Waals surface area contributed by atoms with Crippen LogP contribution in [-0.4, -0.2) is 24.3 Å². The summed E-state index contributed by atoms with van der Waals surface area (Å²) in [6.07, 6.45) is 0. The lowest BCUT2D eigenvalue weighted by Gasteiger charge is -2.31. The summed E-state index contributed by atoms with van der Waals surface area (Å²) < 4.78 is 17.4. The number of benzene rings is 3. The second-order valence-electron chi connectivity index (χ2n) is 8.08. The first-order chi connectivity index (χ1) is 17.9. The largest absolute Gasteiger partial charge is 0.490 e. The number of hydrogen-bond donors (Lipinski definition) is 2. The predicted octanol–water partition coefficient (Wildman–Crippen LogP) is 6.46. The number of carbonyl (C=O) groups is 1. The van der Waals surface area contributed by atoms with Crippen molar-refractivity contribution in [2.75, 3.05) is 13.2 Å². The van der Waals surface area contributed by atoms with E-state index in [1.165, 1.54) is 0 Å². The van der Waals surface area contributed by atoms with Gasteiger partial charge < -0.3 is 24.8 Å². The molecule has 0 spiro atoms. The molecule has 37 heavy (non-hydrogen) atoms. The van der Waals surface area contributed by atoms with Gasteiger partial charge in [-0.25, -0.2) is 4.79 Å². The highest BCUT2D eigenvalue weighted by molar-refractivity contribution is 7.80. The average Bonchev–Trinajstić information content (AvgIpc) is 2.89. The van der Waals surface area contributed by atoms with Crippen molar-refractivity contribution in [3.63, 3.8) is 0 Å². The number of esters is 1. The quantitative estimate of drug-likeness (QED) is 0.231. The number of carbonyl (C=O) groups excluding carboxylic acids is 1. The van der Waals surface area contributed by atoms with Gasteiger partial charge in [-0.15, -0.1) is 0 Å². The van der Waals surface area contributed by atoms with Crippen LogP contribution in [0.3, 0.4) is 0 Å². The molecule has 6 nitrogen and oxygen atoms in total. The van der Waals surface area contributed by atoms with Gasteiger partial charge in [-0.3, -0.25) is 0 Å². The predicted molar refractivity (Wildman–Crippen MR) is 150 cm³/mol. The Balaban J connectivity index is 1.76. The van der Waals surface area contributed by atoms with E-state index < -0.39 is 12.0 Å². The summed E-state index contributed by atoms with van der Waals surface area (Å²) in [7, 11) is 0. The molecule has 0 fully saturated rings. The number of rotatable bonds is 9. The van der Waals surface area contributed by atoms with Crippen molar-refractivity contribution in [1.82, 2.24) is 10.6 Å². The highest BCUT2D eigenvalue weighted by Crippen LogP contribution is 2.41. The fraction of sp³-hybridized carbons (Fsp3) is 0.214. The Morgan fingerprint density at radius 1 is 0.973 bits per heavy atom.